The summed E-state index contributed by atoms with van der Waals surface area (Å²) in [5, 5.41) is 26.4. The van der Waals surface area contributed by atoms with E-state index < -0.39 is 6.23 Å². The lowest BCUT2D eigenvalue weighted by molar-refractivity contribution is 0.0391. The Kier molecular flexibility index (Phi) is 8.87. The van der Waals surface area contributed by atoms with Gasteiger partial charge in [-0.15, -0.1) is 21.5 Å². The molecule has 2 aliphatic heterocycles. The largest absolute Gasteiger partial charge is 0.378 e. The van der Waals surface area contributed by atoms with Crippen molar-refractivity contribution in [3.05, 3.63) is 33.5 Å². The molecule has 2 saturated heterocycles. The molecular weight excluding hydrogens is 496 g/mol. The molecule has 0 radical (unpaired) electrons. The third-order valence-electron chi connectivity index (χ3n) is 9.20. The normalized spacial score (nSPS) is 26.1. The number of aliphatic hydroxyl groups excluding tert-OH is 1. The molecule has 8 nitrogen and oxygen atoms in total. The summed E-state index contributed by atoms with van der Waals surface area (Å²) in [5.74, 6) is 2.81. The van der Waals surface area contributed by atoms with Gasteiger partial charge in [0.25, 0.3) is 5.91 Å². The van der Waals surface area contributed by atoms with Gasteiger partial charge in [-0.05, 0) is 69.9 Å². The van der Waals surface area contributed by atoms with Crippen molar-refractivity contribution in [1.82, 2.24) is 30.3 Å². The summed E-state index contributed by atoms with van der Waals surface area (Å²) < 4.78 is 2.42. The van der Waals surface area contributed by atoms with Crippen LogP contribution in [0.3, 0.4) is 0 Å². The highest BCUT2D eigenvalue weighted by Crippen LogP contribution is 2.42. The second-order valence-electron chi connectivity index (χ2n) is 12.0. The zero-order chi connectivity index (χ0) is 26.8. The van der Waals surface area contributed by atoms with Crippen LogP contribution in [0, 0.1) is 12.8 Å². The van der Waals surface area contributed by atoms with Gasteiger partial charge in [-0.1, -0.05) is 33.1 Å². The molecular formula is C29H46N6O2S. The van der Waals surface area contributed by atoms with Gasteiger partial charge in [-0.2, -0.15) is 0 Å². The number of rotatable bonds is 10. The van der Waals surface area contributed by atoms with Crippen molar-refractivity contribution in [1.29, 1.82) is 0 Å². The number of carbonyl (C=O) groups excluding carboxylic acids is 1. The highest BCUT2D eigenvalue weighted by molar-refractivity contribution is 7.14. The molecule has 1 amide bonds. The minimum Gasteiger partial charge on any atom is -0.378 e. The summed E-state index contributed by atoms with van der Waals surface area (Å²) in [5.41, 5.74) is 0. The van der Waals surface area contributed by atoms with E-state index >= 15 is 0 Å². The maximum atomic E-state index is 12.2. The van der Waals surface area contributed by atoms with Gasteiger partial charge in [0, 0.05) is 48.6 Å². The van der Waals surface area contributed by atoms with Crippen LogP contribution in [0.1, 0.15) is 122 Å². The summed E-state index contributed by atoms with van der Waals surface area (Å²) >= 11 is 1.55. The standard InChI is InChI=1S/C29H46N6O2S/c1-18(2)27-33-32-19(3)35(27)23-16-21-10-11-22(17-23)34(21)15-14-24(25-12-13-26(38-25)29(37)30-4)31-28(36)20-8-6-5-7-9-20/h12-13,18,20-24,28,31,36H,5-11,14-17H2,1-4H3,(H,30,37)/t21?,22?,23?,24-,28?/m0/s1. The van der Waals surface area contributed by atoms with E-state index in [1.54, 1.807) is 18.4 Å². The van der Waals surface area contributed by atoms with Crippen LogP contribution < -0.4 is 10.6 Å². The molecule has 4 atom stereocenters. The molecule has 210 valence electrons. The van der Waals surface area contributed by atoms with E-state index in [1.807, 2.05) is 6.07 Å². The molecule has 38 heavy (non-hydrogen) atoms. The van der Waals surface area contributed by atoms with Crippen LogP contribution in [0.15, 0.2) is 12.1 Å². The van der Waals surface area contributed by atoms with Crippen molar-refractivity contribution in [2.75, 3.05) is 13.6 Å². The minimum atomic E-state index is -0.500. The fraction of sp³-hybridized carbons (Fsp3) is 0.759. The molecule has 2 aromatic rings. The van der Waals surface area contributed by atoms with E-state index in [2.05, 4.69) is 57.1 Å². The average molecular weight is 543 g/mol. The number of fused-ring (bicyclic) bond motifs is 2. The van der Waals surface area contributed by atoms with Crippen molar-refractivity contribution in [2.45, 2.75) is 121 Å². The maximum absolute atomic E-state index is 12.2. The van der Waals surface area contributed by atoms with Crippen LogP contribution in [0.2, 0.25) is 0 Å². The number of aliphatic hydroxyl groups is 1. The van der Waals surface area contributed by atoms with Crippen LogP contribution in [0.5, 0.6) is 0 Å². The van der Waals surface area contributed by atoms with Crippen LogP contribution in [0.25, 0.3) is 0 Å². The van der Waals surface area contributed by atoms with E-state index in [9.17, 15) is 9.90 Å². The van der Waals surface area contributed by atoms with Gasteiger partial charge < -0.3 is 15.0 Å². The van der Waals surface area contributed by atoms with Gasteiger partial charge in [0.2, 0.25) is 0 Å². The second-order valence-corrected chi connectivity index (χ2v) is 13.1. The number of hydrogen-bond acceptors (Lipinski definition) is 7. The third-order valence-corrected chi connectivity index (χ3v) is 10.4. The Balaban J connectivity index is 1.27. The van der Waals surface area contributed by atoms with Gasteiger partial charge >= 0.3 is 0 Å². The molecule has 9 heteroatoms. The fourth-order valence-electron chi connectivity index (χ4n) is 7.22. The number of hydrogen-bond donors (Lipinski definition) is 3. The van der Waals surface area contributed by atoms with Gasteiger partial charge in [0.15, 0.2) is 0 Å². The van der Waals surface area contributed by atoms with Crippen LogP contribution >= 0.6 is 11.3 Å². The zero-order valence-corrected chi connectivity index (χ0v) is 24.3. The molecule has 4 heterocycles. The summed E-state index contributed by atoms with van der Waals surface area (Å²) in [4.78, 5) is 16.9. The first kappa shape index (κ1) is 27.7. The molecule has 3 N–H and O–H groups in total. The van der Waals surface area contributed by atoms with E-state index in [0.29, 0.717) is 30.0 Å². The van der Waals surface area contributed by atoms with Crippen LogP contribution in [-0.4, -0.2) is 62.6 Å². The number of aromatic nitrogens is 3. The smallest absolute Gasteiger partial charge is 0.261 e. The van der Waals surface area contributed by atoms with Crippen LogP contribution in [-0.2, 0) is 0 Å². The quantitative estimate of drug-likeness (QED) is 0.369. The number of aryl methyl sites for hydroxylation is 1. The lowest BCUT2D eigenvalue weighted by Gasteiger charge is -2.41. The molecule has 3 fully saturated rings. The first-order chi connectivity index (χ1) is 18.4. The van der Waals surface area contributed by atoms with Crippen molar-refractivity contribution in [3.63, 3.8) is 0 Å². The van der Waals surface area contributed by atoms with E-state index in [-0.39, 0.29) is 11.9 Å². The average Bonchev–Trinajstić information content (AvgIpc) is 3.62. The summed E-state index contributed by atoms with van der Waals surface area (Å²) in [6.07, 6.45) is 11.1. The summed E-state index contributed by atoms with van der Waals surface area (Å²) in [7, 11) is 1.68. The van der Waals surface area contributed by atoms with Crippen molar-refractivity contribution >= 4 is 17.2 Å². The topological polar surface area (TPSA) is 95.3 Å². The predicted octanol–water partition coefficient (Wildman–Crippen LogP) is 4.92. The fourth-order valence-corrected chi connectivity index (χ4v) is 8.26. The first-order valence-corrected chi connectivity index (χ1v) is 15.6. The highest BCUT2D eigenvalue weighted by Gasteiger charge is 2.42. The van der Waals surface area contributed by atoms with Gasteiger partial charge in [-0.25, -0.2) is 0 Å². The molecule has 1 saturated carbocycles. The van der Waals surface area contributed by atoms with Gasteiger partial charge in [0.1, 0.15) is 17.9 Å². The molecule has 5 rings (SSSR count). The third kappa shape index (κ3) is 5.86. The molecule has 0 spiro atoms. The number of piperidine rings is 1. The molecule has 2 bridgehead atoms. The summed E-state index contributed by atoms with van der Waals surface area (Å²) in [6, 6.07) is 5.67. The van der Waals surface area contributed by atoms with Crippen molar-refractivity contribution in [2.24, 2.45) is 5.92 Å². The Morgan fingerprint density at radius 2 is 1.79 bits per heavy atom. The monoisotopic (exact) mass is 542 g/mol. The lowest BCUT2D eigenvalue weighted by atomic mass is 9.87. The number of carbonyl (C=O) groups is 1. The SMILES string of the molecule is CNC(=O)c1ccc([C@H](CCN2C3CCC2CC(n2c(C)nnc2C(C)C)C3)NC(O)C2CCCCC2)s1. The Hall–Kier alpha value is -1.81. The van der Waals surface area contributed by atoms with Crippen molar-refractivity contribution in [3.8, 4) is 0 Å². The highest BCUT2D eigenvalue weighted by atomic mass is 32.1. The Morgan fingerprint density at radius 1 is 1.08 bits per heavy atom. The molecule has 2 aromatic heterocycles. The van der Waals surface area contributed by atoms with Gasteiger partial charge in [0.05, 0.1) is 4.88 Å². The zero-order valence-electron chi connectivity index (χ0n) is 23.5. The van der Waals surface area contributed by atoms with Gasteiger partial charge in [-0.3, -0.25) is 15.0 Å². The number of thiophene rings is 1. The molecule has 3 unspecified atom stereocenters. The first-order valence-electron chi connectivity index (χ1n) is 14.8. The van der Waals surface area contributed by atoms with Crippen LogP contribution in [0.4, 0.5) is 0 Å². The van der Waals surface area contributed by atoms with E-state index in [0.717, 1.165) is 60.1 Å². The minimum absolute atomic E-state index is 0.0418. The van der Waals surface area contributed by atoms with E-state index in [1.165, 1.54) is 32.1 Å². The Morgan fingerprint density at radius 3 is 2.45 bits per heavy atom. The lowest BCUT2D eigenvalue weighted by Crippen LogP contribution is -2.46. The number of amides is 1. The Bertz CT molecular complexity index is 1060. The maximum Gasteiger partial charge on any atom is 0.261 e. The predicted molar refractivity (Wildman–Crippen MR) is 151 cm³/mol. The number of nitrogens with one attached hydrogen (secondary N) is 2. The van der Waals surface area contributed by atoms with Crippen molar-refractivity contribution < 1.29 is 9.90 Å². The summed E-state index contributed by atoms with van der Waals surface area (Å²) in [6.45, 7) is 7.51. The Labute approximate surface area is 231 Å². The van der Waals surface area contributed by atoms with E-state index in [4.69, 9.17) is 0 Å². The second kappa shape index (κ2) is 12.1. The molecule has 3 aliphatic rings. The molecule has 1 aliphatic carbocycles. The number of nitrogens with zero attached hydrogens (tertiary/aromatic N) is 4. The molecule has 0 aromatic carbocycles.